The first-order valence-corrected chi connectivity index (χ1v) is 4.95. The SMILES string of the molecule is CN(C)c1nc(NN)nc(OCC(F)(F)C(F)F)n1. The molecule has 0 unspecified atom stereocenters. The van der Waals surface area contributed by atoms with Gasteiger partial charge < -0.3 is 9.64 Å². The first-order chi connectivity index (χ1) is 8.76. The Labute approximate surface area is 105 Å². The van der Waals surface area contributed by atoms with Gasteiger partial charge in [0.2, 0.25) is 11.9 Å². The third-order valence-corrected chi connectivity index (χ3v) is 1.85. The third kappa shape index (κ3) is 4.05. The van der Waals surface area contributed by atoms with Gasteiger partial charge in [-0.3, -0.25) is 5.43 Å². The lowest BCUT2D eigenvalue weighted by atomic mass is 10.4. The average Bonchev–Trinajstić information content (AvgIpc) is 2.35. The van der Waals surface area contributed by atoms with Crippen LogP contribution in [0.4, 0.5) is 29.5 Å². The van der Waals surface area contributed by atoms with Crippen molar-refractivity contribution in [2.45, 2.75) is 12.3 Å². The van der Waals surface area contributed by atoms with Crippen LogP contribution in [0.15, 0.2) is 0 Å². The maximum absolute atomic E-state index is 12.7. The lowest BCUT2D eigenvalue weighted by Crippen LogP contribution is -2.34. The molecule has 0 aliphatic carbocycles. The van der Waals surface area contributed by atoms with Crippen molar-refractivity contribution in [3.05, 3.63) is 0 Å². The lowest BCUT2D eigenvalue weighted by molar-refractivity contribution is -0.149. The molecule has 0 amide bonds. The normalized spacial score (nSPS) is 11.6. The van der Waals surface area contributed by atoms with E-state index in [2.05, 4.69) is 25.1 Å². The smallest absolute Gasteiger partial charge is 0.340 e. The Morgan fingerprint density at radius 3 is 2.42 bits per heavy atom. The van der Waals surface area contributed by atoms with Crippen LogP contribution in [-0.2, 0) is 0 Å². The highest BCUT2D eigenvalue weighted by molar-refractivity contribution is 5.36. The maximum atomic E-state index is 12.7. The zero-order chi connectivity index (χ0) is 14.6. The molecular weight excluding hydrogens is 272 g/mol. The molecule has 0 aliphatic rings. The van der Waals surface area contributed by atoms with Gasteiger partial charge in [0.05, 0.1) is 0 Å². The Morgan fingerprint density at radius 2 is 1.95 bits per heavy atom. The first kappa shape index (κ1) is 15.1. The Bertz CT molecular complexity index is 430. The van der Waals surface area contributed by atoms with E-state index in [1.54, 1.807) is 14.1 Å². The maximum Gasteiger partial charge on any atom is 0.340 e. The van der Waals surface area contributed by atoms with Crippen molar-refractivity contribution in [2.75, 3.05) is 31.0 Å². The zero-order valence-electron chi connectivity index (χ0n) is 10.1. The van der Waals surface area contributed by atoms with Crippen molar-refractivity contribution in [1.29, 1.82) is 0 Å². The van der Waals surface area contributed by atoms with Crippen LogP contribution < -0.4 is 20.9 Å². The minimum atomic E-state index is -4.29. The Balaban J connectivity index is 2.86. The van der Waals surface area contributed by atoms with Crippen molar-refractivity contribution >= 4 is 11.9 Å². The fourth-order valence-electron chi connectivity index (χ4n) is 0.899. The van der Waals surface area contributed by atoms with Gasteiger partial charge in [-0.15, -0.1) is 0 Å². The summed E-state index contributed by atoms with van der Waals surface area (Å²) in [6, 6.07) is -0.535. The number of nitrogens with one attached hydrogen (secondary N) is 1. The largest absolute Gasteiger partial charge is 0.457 e. The molecule has 19 heavy (non-hydrogen) atoms. The van der Waals surface area contributed by atoms with E-state index in [4.69, 9.17) is 5.84 Å². The van der Waals surface area contributed by atoms with Crippen LogP contribution in [0.3, 0.4) is 0 Å². The van der Waals surface area contributed by atoms with Crippen LogP contribution in [0.25, 0.3) is 0 Å². The highest BCUT2D eigenvalue weighted by Crippen LogP contribution is 2.23. The molecule has 0 aliphatic heterocycles. The molecular formula is C8H12F4N6O. The standard InChI is InChI=1S/C8H12F4N6O/c1-18(2)6-14-5(17-13)15-7(16-6)19-3-8(11,12)4(9)10/h4H,3,13H2,1-2H3,(H,14,15,16,17). The number of alkyl halides is 4. The lowest BCUT2D eigenvalue weighted by Gasteiger charge is -2.16. The van der Waals surface area contributed by atoms with E-state index in [9.17, 15) is 17.6 Å². The van der Waals surface area contributed by atoms with Gasteiger partial charge >= 0.3 is 18.4 Å². The molecule has 7 nitrogen and oxygen atoms in total. The van der Waals surface area contributed by atoms with Crippen molar-refractivity contribution in [1.82, 2.24) is 15.0 Å². The number of nitrogens with zero attached hydrogens (tertiary/aromatic N) is 4. The number of hydrogen-bond acceptors (Lipinski definition) is 7. The molecule has 1 aromatic rings. The van der Waals surface area contributed by atoms with Crippen molar-refractivity contribution in [3.63, 3.8) is 0 Å². The van der Waals surface area contributed by atoms with Gasteiger partial charge in [0, 0.05) is 14.1 Å². The fourth-order valence-corrected chi connectivity index (χ4v) is 0.899. The summed E-state index contributed by atoms with van der Waals surface area (Å²) in [5.41, 5.74) is 2.08. The number of nitrogens with two attached hydrogens (primary N) is 1. The molecule has 108 valence electrons. The summed E-state index contributed by atoms with van der Waals surface area (Å²) in [4.78, 5) is 12.4. The summed E-state index contributed by atoms with van der Waals surface area (Å²) >= 11 is 0. The summed E-state index contributed by atoms with van der Waals surface area (Å²) in [5, 5.41) is 0. The molecule has 0 spiro atoms. The highest BCUT2D eigenvalue weighted by atomic mass is 19.3. The monoisotopic (exact) mass is 284 g/mol. The number of hydrazine groups is 1. The van der Waals surface area contributed by atoms with Gasteiger partial charge in [-0.2, -0.15) is 23.7 Å². The van der Waals surface area contributed by atoms with Crippen molar-refractivity contribution in [3.8, 4) is 6.01 Å². The van der Waals surface area contributed by atoms with Gasteiger partial charge in [-0.25, -0.2) is 14.6 Å². The summed E-state index contributed by atoms with van der Waals surface area (Å²) in [6.45, 7) is -1.55. The van der Waals surface area contributed by atoms with E-state index >= 15 is 0 Å². The molecule has 0 fully saturated rings. The van der Waals surface area contributed by atoms with E-state index in [0.717, 1.165) is 0 Å². The Morgan fingerprint density at radius 1 is 1.32 bits per heavy atom. The van der Waals surface area contributed by atoms with E-state index in [-0.39, 0.29) is 11.9 Å². The van der Waals surface area contributed by atoms with Crippen LogP contribution in [0.5, 0.6) is 6.01 Å². The summed E-state index contributed by atoms with van der Waals surface area (Å²) < 4.78 is 53.7. The molecule has 0 atom stereocenters. The second-order valence-electron chi connectivity index (χ2n) is 3.63. The molecule has 1 heterocycles. The number of aromatic nitrogens is 3. The molecule has 3 N–H and O–H groups in total. The quantitative estimate of drug-likeness (QED) is 0.446. The number of ether oxygens (including phenoxy) is 1. The molecule has 1 rings (SSSR count). The number of hydrogen-bond donors (Lipinski definition) is 2. The molecule has 11 heteroatoms. The second-order valence-corrected chi connectivity index (χ2v) is 3.63. The highest BCUT2D eigenvalue weighted by Gasteiger charge is 2.42. The average molecular weight is 284 g/mol. The molecule has 0 radical (unpaired) electrons. The van der Waals surface area contributed by atoms with Crippen LogP contribution >= 0.6 is 0 Å². The van der Waals surface area contributed by atoms with E-state index in [1.165, 1.54) is 4.90 Å². The molecule has 1 aromatic heterocycles. The summed E-state index contributed by atoms with van der Waals surface area (Å²) in [5.74, 6) is 0.706. The molecule has 0 saturated carbocycles. The van der Waals surface area contributed by atoms with Crippen LogP contribution in [-0.4, -0.2) is 48.0 Å². The number of nitrogen functional groups attached to an aromatic ring is 1. The topological polar surface area (TPSA) is 89.2 Å². The second kappa shape index (κ2) is 5.82. The van der Waals surface area contributed by atoms with Crippen LogP contribution in [0, 0.1) is 0 Å². The van der Waals surface area contributed by atoms with Gasteiger partial charge in [-0.1, -0.05) is 0 Å². The number of rotatable bonds is 6. The van der Waals surface area contributed by atoms with E-state index < -0.39 is 25.0 Å². The van der Waals surface area contributed by atoms with Crippen molar-refractivity contribution < 1.29 is 22.3 Å². The number of anilines is 2. The van der Waals surface area contributed by atoms with Gasteiger partial charge in [0.1, 0.15) is 0 Å². The predicted molar refractivity (Wildman–Crippen MR) is 58.4 cm³/mol. The summed E-state index contributed by atoms with van der Waals surface area (Å²) in [7, 11) is 3.15. The minimum Gasteiger partial charge on any atom is -0.457 e. The van der Waals surface area contributed by atoms with Gasteiger partial charge in [-0.05, 0) is 0 Å². The van der Waals surface area contributed by atoms with Crippen LogP contribution in [0.1, 0.15) is 0 Å². The molecule has 0 aromatic carbocycles. The van der Waals surface area contributed by atoms with Crippen molar-refractivity contribution in [2.24, 2.45) is 5.84 Å². The fraction of sp³-hybridized carbons (Fsp3) is 0.625. The zero-order valence-corrected chi connectivity index (χ0v) is 10.1. The van der Waals surface area contributed by atoms with E-state index in [1.807, 2.05) is 0 Å². The Kier molecular flexibility index (Phi) is 4.64. The van der Waals surface area contributed by atoms with E-state index in [0.29, 0.717) is 0 Å². The predicted octanol–water partition coefficient (Wildman–Crippen LogP) is 0.502. The minimum absolute atomic E-state index is 0.0679. The Hall–Kier alpha value is -1.91. The summed E-state index contributed by atoms with van der Waals surface area (Å²) in [6.07, 6.45) is -3.84. The molecule has 0 bridgehead atoms. The first-order valence-electron chi connectivity index (χ1n) is 4.95. The van der Waals surface area contributed by atoms with Gasteiger partial charge in [0.15, 0.2) is 6.61 Å². The molecule has 0 saturated heterocycles. The number of halogens is 4. The van der Waals surface area contributed by atoms with Gasteiger partial charge in [0.25, 0.3) is 0 Å². The van der Waals surface area contributed by atoms with Crippen LogP contribution in [0.2, 0.25) is 0 Å². The third-order valence-electron chi connectivity index (χ3n) is 1.85.